The van der Waals surface area contributed by atoms with Crippen molar-refractivity contribution in [1.82, 2.24) is 5.32 Å². The zero-order chi connectivity index (χ0) is 18.3. The van der Waals surface area contributed by atoms with E-state index in [0.29, 0.717) is 17.9 Å². The maximum Gasteiger partial charge on any atom is 0.418 e. The summed E-state index contributed by atoms with van der Waals surface area (Å²) in [5.74, 6) is 0.100. The third kappa shape index (κ3) is 3.03. The Labute approximate surface area is 151 Å². The first-order valence-corrected chi connectivity index (χ1v) is 8.91. The van der Waals surface area contributed by atoms with E-state index in [1.165, 1.54) is 6.07 Å². The van der Waals surface area contributed by atoms with Crippen LogP contribution in [0.5, 0.6) is 0 Å². The molecule has 1 saturated heterocycles. The van der Waals surface area contributed by atoms with E-state index in [1.807, 2.05) is 41.3 Å². The smallest absolute Gasteiger partial charge is 0.381 e. The molecule has 0 spiro atoms. The molecule has 0 amide bonds. The van der Waals surface area contributed by atoms with Crippen LogP contribution >= 0.6 is 0 Å². The molecule has 0 radical (unpaired) electrons. The van der Waals surface area contributed by atoms with Gasteiger partial charge in [-0.05, 0) is 36.2 Å². The molecule has 138 valence electrons. The lowest BCUT2D eigenvalue weighted by Crippen LogP contribution is -2.42. The Hall–Kier alpha value is -2.21. The van der Waals surface area contributed by atoms with Gasteiger partial charge in [0.05, 0.1) is 11.3 Å². The predicted octanol–water partition coefficient (Wildman–Crippen LogP) is 4.21. The molecule has 2 N–H and O–H groups in total. The highest BCUT2D eigenvalue weighted by atomic mass is 19.4. The minimum Gasteiger partial charge on any atom is -0.381 e. The first kappa shape index (κ1) is 17.2. The van der Waals surface area contributed by atoms with Crippen LogP contribution in [0.25, 0.3) is 0 Å². The van der Waals surface area contributed by atoms with Gasteiger partial charge in [-0.15, -0.1) is 0 Å². The number of anilines is 2. The molecule has 2 aliphatic heterocycles. The van der Waals surface area contributed by atoms with Gasteiger partial charge in [-0.3, -0.25) is 0 Å². The molecule has 1 fully saturated rings. The predicted molar refractivity (Wildman–Crippen MR) is 97.6 cm³/mol. The van der Waals surface area contributed by atoms with Crippen LogP contribution in [0.4, 0.5) is 24.5 Å². The Bertz CT molecular complexity index is 789. The number of piperidine rings is 1. The molecule has 2 aromatic carbocycles. The van der Waals surface area contributed by atoms with Gasteiger partial charge in [-0.1, -0.05) is 30.3 Å². The molecule has 6 heteroatoms. The van der Waals surface area contributed by atoms with Gasteiger partial charge in [-0.25, -0.2) is 0 Å². The minimum atomic E-state index is -4.37. The Morgan fingerprint density at radius 3 is 2.69 bits per heavy atom. The average molecular weight is 361 g/mol. The lowest BCUT2D eigenvalue weighted by Gasteiger charge is -2.31. The number of alkyl halides is 3. The second-order valence-corrected chi connectivity index (χ2v) is 7.08. The third-order valence-corrected chi connectivity index (χ3v) is 5.48. The van der Waals surface area contributed by atoms with Crippen molar-refractivity contribution in [2.24, 2.45) is 0 Å². The van der Waals surface area contributed by atoms with Gasteiger partial charge in [0.1, 0.15) is 0 Å². The molecule has 0 aromatic heterocycles. The van der Waals surface area contributed by atoms with Crippen LogP contribution in [0.3, 0.4) is 0 Å². The standard InChI is InChI=1S/C20H22F3N3/c1-26-18-7-8-24-12-16(18)15-9-14(10-17(19(15)26)20(21,22)23)25-11-13-5-3-2-4-6-13/h2-6,9-10,16,18,24-25H,7-8,11-12H2,1H3/t16-,18-/m1/s1. The van der Waals surface area contributed by atoms with Crippen LogP contribution < -0.4 is 15.5 Å². The lowest BCUT2D eigenvalue weighted by atomic mass is 9.89. The number of hydrogen-bond donors (Lipinski definition) is 2. The Morgan fingerprint density at radius 2 is 1.96 bits per heavy atom. The molecule has 3 nitrogen and oxygen atoms in total. The van der Waals surface area contributed by atoms with Gasteiger partial charge in [0.15, 0.2) is 0 Å². The minimum absolute atomic E-state index is 0.100. The van der Waals surface area contributed by atoms with E-state index in [0.717, 1.165) is 30.6 Å². The van der Waals surface area contributed by atoms with Gasteiger partial charge in [0.2, 0.25) is 0 Å². The number of nitrogens with one attached hydrogen (secondary N) is 2. The second kappa shape index (κ2) is 6.50. The van der Waals surface area contributed by atoms with Gasteiger partial charge >= 0.3 is 6.18 Å². The van der Waals surface area contributed by atoms with E-state index in [2.05, 4.69) is 10.6 Å². The van der Waals surface area contributed by atoms with E-state index in [-0.39, 0.29) is 12.0 Å². The van der Waals surface area contributed by atoms with Crippen molar-refractivity contribution in [1.29, 1.82) is 0 Å². The van der Waals surface area contributed by atoms with Crippen molar-refractivity contribution < 1.29 is 13.2 Å². The van der Waals surface area contributed by atoms with Crippen LogP contribution in [0.2, 0.25) is 0 Å². The zero-order valence-electron chi connectivity index (χ0n) is 14.6. The number of rotatable bonds is 3. The van der Waals surface area contributed by atoms with Crippen molar-refractivity contribution in [3.05, 3.63) is 59.2 Å². The Balaban J connectivity index is 1.71. The van der Waals surface area contributed by atoms with Crippen molar-refractivity contribution in [3.8, 4) is 0 Å². The molecule has 2 aromatic rings. The number of benzene rings is 2. The molecule has 2 heterocycles. The van der Waals surface area contributed by atoms with Crippen LogP contribution in [-0.2, 0) is 12.7 Å². The van der Waals surface area contributed by atoms with Crippen molar-refractivity contribution in [2.75, 3.05) is 30.4 Å². The summed E-state index contributed by atoms with van der Waals surface area (Å²) in [6, 6.07) is 13.0. The number of nitrogens with zero attached hydrogens (tertiary/aromatic N) is 1. The summed E-state index contributed by atoms with van der Waals surface area (Å²) in [5, 5.41) is 6.50. The monoisotopic (exact) mass is 361 g/mol. The molecule has 26 heavy (non-hydrogen) atoms. The fraction of sp³-hybridized carbons (Fsp3) is 0.400. The van der Waals surface area contributed by atoms with Crippen LogP contribution in [0.15, 0.2) is 42.5 Å². The van der Waals surface area contributed by atoms with E-state index < -0.39 is 11.7 Å². The van der Waals surface area contributed by atoms with Crippen molar-refractivity contribution in [2.45, 2.75) is 31.1 Å². The number of hydrogen-bond acceptors (Lipinski definition) is 3. The molecule has 0 saturated carbocycles. The molecular formula is C20H22F3N3. The summed E-state index contributed by atoms with van der Waals surface area (Å²) in [5.41, 5.74) is 2.18. The summed E-state index contributed by atoms with van der Waals surface area (Å²) in [4.78, 5) is 1.84. The normalized spacial score (nSPS) is 22.1. The molecule has 0 aliphatic carbocycles. The maximum atomic E-state index is 13.8. The van der Waals surface area contributed by atoms with Gasteiger partial charge in [0, 0.05) is 37.8 Å². The molecule has 2 aliphatic rings. The van der Waals surface area contributed by atoms with Gasteiger partial charge < -0.3 is 15.5 Å². The highest BCUT2D eigenvalue weighted by Gasteiger charge is 2.45. The maximum absolute atomic E-state index is 13.8. The van der Waals surface area contributed by atoms with Crippen molar-refractivity contribution in [3.63, 3.8) is 0 Å². The first-order chi connectivity index (χ1) is 12.4. The van der Waals surface area contributed by atoms with E-state index in [1.54, 1.807) is 7.05 Å². The van der Waals surface area contributed by atoms with Gasteiger partial charge in [0.25, 0.3) is 0 Å². The molecule has 2 atom stereocenters. The number of fused-ring (bicyclic) bond motifs is 3. The first-order valence-electron chi connectivity index (χ1n) is 8.91. The summed E-state index contributed by atoms with van der Waals surface area (Å²) < 4.78 is 41.3. The number of halogens is 3. The average Bonchev–Trinajstić information content (AvgIpc) is 2.92. The topological polar surface area (TPSA) is 27.3 Å². The van der Waals surface area contributed by atoms with Gasteiger partial charge in [-0.2, -0.15) is 13.2 Å². The van der Waals surface area contributed by atoms with Crippen LogP contribution in [0.1, 0.15) is 29.0 Å². The largest absolute Gasteiger partial charge is 0.418 e. The summed E-state index contributed by atoms with van der Waals surface area (Å²) in [6.45, 7) is 2.07. The fourth-order valence-electron chi connectivity index (χ4n) is 4.24. The van der Waals surface area contributed by atoms with Crippen LogP contribution in [-0.4, -0.2) is 26.2 Å². The molecular weight excluding hydrogens is 339 g/mol. The lowest BCUT2D eigenvalue weighted by molar-refractivity contribution is -0.137. The summed E-state index contributed by atoms with van der Waals surface area (Å²) >= 11 is 0. The zero-order valence-corrected chi connectivity index (χ0v) is 14.6. The Kier molecular flexibility index (Phi) is 4.31. The highest BCUT2D eigenvalue weighted by Crippen LogP contribution is 2.49. The van der Waals surface area contributed by atoms with E-state index >= 15 is 0 Å². The van der Waals surface area contributed by atoms with Crippen LogP contribution in [0, 0.1) is 0 Å². The fourth-order valence-corrected chi connectivity index (χ4v) is 4.24. The van der Waals surface area contributed by atoms with E-state index in [4.69, 9.17) is 0 Å². The van der Waals surface area contributed by atoms with Crippen molar-refractivity contribution >= 4 is 11.4 Å². The highest BCUT2D eigenvalue weighted by molar-refractivity contribution is 5.72. The number of likely N-dealkylation sites (N-methyl/N-ethyl adjacent to an activating group) is 1. The SMILES string of the molecule is CN1c2c(cc(NCc3ccccc3)cc2C(F)(F)F)[C@H]2CNCC[C@H]21. The molecule has 0 unspecified atom stereocenters. The molecule has 4 rings (SSSR count). The summed E-state index contributed by atoms with van der Waals surface area (Å²) in [7, 11) is 1.79. The summed E-state index contributed by atoms with van der Waals surface area (Å²) in [6.07, 6.45) is -3.51. The third-order valence-electron chi connectivity index (χ3n) is 5.48. The quantitative estimate of drug-likeness (QED) is 0.857. The second-order valence-electron chi connectivity index (χ2n) is 7.08. The Morgan fingerprint density at radius 1 is 1.19 bits per heavy atom. The van der Waals surface area contributed by atoms with E-state index in [9.17, 15) is 13.2 Å². The molecule has 0 bridgehead atoms.